The van der Waals surface area contributed by atoms with Crippen LogP contribution in [0, 0.1) is 0 Å². The maximum absolute atomic E-state index is 14.2. The molecule has 32 heavy (non-hydrogen) atoms. The molecule has 0 saturated heterocycles. The molecule has 0 N–H and O–H groups in total. The van der Waals surface area contributed by atoms with Crippen LogP contribution < -0.4 is 0 Å². The minimum absolute atomic E-state index is 0.317. The fourth-order valence-corrected chi connectivity index (χ4v) is 3.94. The number of hydrogen-bond donors (Lipinski definition) is 0. The molecule has 0 unspecified atom stereocenters. The molecule has 1 atom stereocenters. The lowest BCUT2D eigenvalue weighted by Gasteiger charge is -2.23. The van der Waals surface area contributed by atoms with Crippen molar-refractivity contribution in [2.75, 3.05) is 5.75 Å². The van der Waals surface area contributed by atoms with Gasteiger partial charge in [0.05, 0.1) is 28.2 Å². The molecular formula is C19H16F6N4O2S. The maximum atomic E-state index is 14.2. The standard InChI is InChI=1S/C19H16F6N4O2S/c1-3-32(30,31)14-8-11(12-6-4-5-7-26-12)9-27-15(14)17-28-10-13(29(17)2)16(20)18(21,22)19(23,24)25/h4-10,16H,3H2,1-2H3/t16-/m1/s1. The van der Waals surface area contributed by atoms with Gasteiger partial charge in [0.2, 0.25) is 6.17 Å². The number of alkyl halides is 6. The number of hydrogen-bond acceptors (Lipinski definition) is 5. The molecule has 0 fully saturated rings. The predicted octanol–water partition coefficient (Wildman–Crippen LogP) is 4.55. The number of nitrogens with zero attached hydrogens (tertiary/aromatic N) is 4. The minimum atomic E-state index is -6.13. The van der Waals surface area contributed by atoms with Gasteiger partial charge in [-0.2, -0.15) is 22.0 Å². The van der Waals surface area contributed by atoms with E-state index in [0.717, 1.165) is 7.05 Å². The Bertz CT molecular complexity index is 1230. The van der Waals surface area contributed by atoms with Crippen molar-refractivity contribution in [1.29, 1.82) is 0 Å². The third-order valence-electron chi connectivity index (χ3n) is 4.72. The van der Waals surface area contributed by atoms with Gasteiger partial charge in [-0.25, -0.2) is 17.8 Å². The van der Waals surface area contributed by atoms with E-state index in [-0.39, 0.29) is 22.2 Å². The van der Waals surface area contributed by atoms with Gasteiger partial charge in [0.25, 0.3) is 0 Å². The van der Waals surface area contributed by atoms with E-state index in [1.165, 1.54) is 25.4 Å². The largest absolute Gasteiger partial charge is 0.456 e. The third kappa shape index (κ3) is 4.08. The first-order valence-corrected chi connectivity index (χ1v) is 10.7. The van der Waals surface area contributed by atoms with Crippen molar-refractivity contribution in [2.24, 2.45) is 7.05 Å². The Kier molecular flexibility index (Phi) is 6.06. The molecule has 13 heteroatoms. The summed E-state index contributed by atoms with van der Waals surface area (Å²) in [4.78, 5) is 11.5. The zero-order valence-electron chi connectivity index (χ0n) is 16.6. The predicted molar refractivity (Wildman–Crippen MR) is 102 cm³/mol. The highest BCUT2D eigenvalue weighted by molar-refractivity contribution is 7.91. The van der Waals surface area contributed by atoms with E-state index in [4.69, 9.17) is 0 Å². The molecule has 0 saturated carbocycles. The van der Waals surface area contributed by atoms with Gasteiger partial charge in [-0.05, 0) is 18.2 Å². The van der Waals surface area contributed by atoms with E-state index >= 15 is 0 Å². The number of imidazole rings is 1. The number of aromatic nitrogens is 4. The molecule has 0 aliphatic carbocycles. The van der Waals surface area contributed by atoms with Crippen molar-refractivity contribution < 1.29 is 34.8 Å². The van der Waals surface area contributed by atoms with E-state index in [2.05, 4.69) is 15.0 Å². The van der Waals surface area contributed by atoms with Crippen LogP contribution in [0.4, 0.5) is 26.3 Å². The molecule has 0 bridgehead atoms. The average molecular weight is 478 g/mol. The van der Waals surface area contributed by atoms with Crippen LogP contribution in [0.3, 0.4) is 0 Å². The molecule has 6 nitrogen and oxygen atoms in total. The van der Waals surface area contributed by atoms with Crippen LogP contribution >= 0.6 is 0 Å². The van der Waals surface area contributed by atoms with Gasteiger partial charge < -0.3 is 4.57 Å². The summed E-state index contributed by atoms with van der Waals surface area (Å²) in [5, 5.41) is 0. The molecular weight excluding hydrogens is 462 g/mol. The molecule has 0 amide bonds. The highest BCUT2D eigenvalue weighted by atomic mass is 32.2. The fraction of sp³-hybridized carbons (Fsp3) is 0.316. The average Bonchev–Trinajstić information content (AvgIpc) is 3.13. The Hall–Kier alpha value is -2.96. The molecule has 0 radical (unpaired) electrons. The van der Waals surface area contributed by atoms with Gasteiger partial charge in [-0.15, -0.1) is 0 Å². The number of halogens is 6. The second-order valence-corrected chi connectivity index (χ2v) is 8.98. The van der Waals surface area contributed by atoms with E-state index in [9.17, 15) is 34.8 Å². The van der Waals surface area contributed by atoms with Crippen LogP contribution in [0.15, 0.2) is 47.8 Å². The zero-order valence-corrected chi connectivity index (χ0v) is 17.4. The second kappa shape index (κ2) is 8.19. The summed E-state index contributed by atoms with van der Waals surface area (Å²) in [6.07, 6.45) is -6.66. The van der Waals surface area contributed by atoms with Gasteiger partial charge in [-0.1, -0.05) is 13.0 Å². The monoisotopic (exact) mass is 478 g/mol. The Morgan fingerprint density at radius 1 is 1.06 bits per heavy atom. The van der Waals surface area contributed by atoms with Crippen LogP contribution in [0.2, 0.25) is 0 Å². The summed E-state index contributed by atoms with van der Waals surface area (Å²) in [7, 11) is -2.96. The molecule has 0 aromatic carbocycles. The highest BCUT2D eigenvalue weighted by Gasteiger charge is 2.64. The van der Waals surface area contributed by atoms with Gasteiger partial charge in [0.1, 0.15) is 5.69 Å². The molecule has 3 aromatic rings. The van der Waals surface area contributed by atoms with Crippen molar-refractivity contribution in [2.45, 2.75) is 30.1 Å². The smallest absolute Gasteiger partial charge is 0.327 e. The zero-order chi connectivity index (χ0) is 23.9. The molecule has 0 aliphatic rings. The normalized spacial score (nSPS) is 13.9. The van der Waals surface area contributed by atoms with Gasteiger partial charge >= 0.3 is 12.1 Å². The van der Waals surface area contributed by atoms with E-state index in [0.29, 0.717) is 22.0 Å². The lowest BCUT2D eigenvalue weighted by molar-refractivity contribution is -0.305. The Morgan fingerprint density at radius 3 is 2.31 bits per heavy atom. The highest BCUT2D eigenvalue weighted by Crippen LogP contribution is 2.47. The van der Waals surface area contributed by atoms with Gasteiger partial charge in [0, 0.05) is 25.0 Å². The fourth-order valence-electron chi connectivity index (χ4n) is 2.89. The second-order valence-electron chi connectivity index (χ2n) is 6.74. The molecule has 3 heterocycles. The van der Waals surface area contributed by atoms with Crippen molar-refractivity contribution >= 4 is 9.84 Å². The van der Waals surface area contributed by atoms with Gasteiger partial charge in [-0.3, -0.25) is 9.97 Å². The Balaban J connectivity index is 2.17. The van der Waals surface area contributed by atoms with E-state index in [1.807, 2.05) is 0 Å². The third-order valence-corrected chi connectivity index (χ3v) is 6.46. The van der Waals surface area contributed by atoms with Crippen molar-refractivity contribution in [3.05, 3.63) is 48.5 Å². The first-order chi connectivity index (χ1) is 14.8. The molecule has 0 spiro atoms. The summed E-state index contributed by atoms with van der Waals surface area (Å²) < 4.78 is 105. The summed E-state index contributed by atoms with van der Waals surface area (Å²) in [6.45, 7) is 1.36. The lowest BCUT2D eigenvalue weighted by Crippen LogP contribution is -2.41. The summed E-state index contributed by atoms with van der Waals surface area (Å²) in [6, 6.07) is 6.16. The number of rotatable bonds is 6. The number of sulfone groups is 1. The van der Waals surface area contributed by atoms with Gasteiger partial charge in [0.15, 0.2) is 15.7 Å². The minimum Gasteiger partial charge on any atom is -0.327 e. The Labute approximate surface area is 178 Å². The van der Waals surface area contributed by atoms with Crippen molar-refractivity contribution in [3.63, 3.8) is 0 Å². The molecule has 3 rings (SSSR count). The molecule has 0 aliphatic heterocycles. The van der Waals surface area contributed by atoms with Crippen LogP contribution in [-0.4, -0.2) is 45.8 Å². The first kappa shape index (κ1) is 23.7. The quantitative estimate of drug-likeness (QED) is 0.486. The van der Waals surface area contributed by atoms with Crippen LogP contribution in [0.25, 0.3) is 22.8 Å². The maximum Gasteiger partial charge on any atom is 0.456 e. The lowest BCUT2D eigenvalue weighted by atomic mass is 10.1. The summed E-state index contributed by atoms with van der Waals surface area (Å²) in [5.41, 5.74) is -0.684. The SMILES string of the molecule is CCS(=O)(=O)c1cc(-c2ccccn2)cnc1-c1ncc([C@@H](F)C(F)(F)C(F)(F)F)n1C. The summed E-state index contributed by atoms with van der Waals surface area (Å²) in [5.74, 6) is -6.42. The van der Waals surface area contributed by atoms with E-state index in [1.54, 1.807) is 18.2 Å². The van der Waals surface area contributed by atoms with Crippen LogP contribution in [0.5, 0.6) is 0 Å². The number of pyridine rings is 2. The van der Waals surface area contributed by atoms with Crippen molar-refractivity contribution in [3.8, 4) is 22.8 Å². The van der Waals surface area contributed by atoms with Crippen molar-refractivity contribution in [1.82, 2.24) is 19.5 Å². The Morgan fingerprint density at radius 2 is 1.75 bits per heavy atom. The first-order valence-electron chi connectivity index (χ1n) is 9.06. The van der Waals surface area contributed by atoms with Crippen LogP contribution in [0.1, 0.15) is 18.8 Å². The van der Waals surface area contributed by atoms with E-state index < -0.39 is 33.8 Å². The topological polar surface area (TPSA) is 77.7 Å². The summed E-state index contributed by atoms with van der Waals surface area (Å²) >= 11 is 0. The van der Waals surface area contributed by atoms with Crippen LogP contribution in [-0.2, 0) is 16.9 Å². The molecule has 172 valence electrons. The molecule has 3 aromatic heterocycles.